The molecule has 1 fully saturated rings. The van der Waals surface area contributed by atoms with Crippen molar-refractivity contribution in [3.8, 4) is 0 Å². The first-order chi connectivity index (χ1) is 7.69. The average Bonchev–Trinajstić information content (AvgIpc) is 2.27. The quantitative estimate of drug-likeness (QED) is 0.779. The van der Waals surface area contributed by atoms with E-state index in [0.717, 1.165) is 31.1 Å². The van der Waals surface area contributed by atoms with Crippen molar-refractivity contribution in [3.05, 3.63) is 0 Å². The van der Waals surface area contributed by atoms with Crippen molar-refractivity contribution < 1.29 is 4.21 Å². The van der Waals surface area contributed by atoms with E-state index in [2.05, 4.69) is 26.1 Å². The van der Waals surface area contributed by atoms with Gasteiger partial charge >= 0.3 is 0 Å². The summed E-state index contributed by atoms with van der Waals surface area (Å²) in [5, 5.41) is 3.99. The fraction of sp³-hybridized carbons (Fsp3) is 1.00. The monoisotopic (exact) mass is 245 g/mol. The Bertz CT molecular complexity index is 218. The second-order valence-corrected chi connectivity index (χ2v) is 6.88. The zero-order chi connectivity index (χ0) is 12.0. The number of rotatable bonds is 6. The molecule has 0 saturated heterocycles. The highest BCUT2D eigenvalue weighted by Gasteiger charge is 2.31. The summed E-state index contributed by atoms with van der Waals surface area (Å²) in [5.41, 5.74) is 0. The third-order valence-corrected chi connectivity index (χ3v) is 5.46. The van der Waals surface area contributed by atoms with Gasteiger partial charge in [0.2, 0.25) is 0 Å². The number of nitrogens with one attached hydrogen (secondary N) is 1. The molecule has 1 N–H and O–H groups in total. The SMILES string of the molecule is CCCNC1CCC(C)CC1S(=O)CCC. The molecule has 0 heterocycles. The summed E-state index contributed by atoms with van der Waals surface area (Å²) in [7, 11) is -0.623. The summed E-state index contributed by atoms with van der Waals surface area (Å²) < 4.78 is 12.2. The first-order valence-electron chi connectivity index (χ1n) is 6.79. The van der Waals surface area contributed by atoms with Crippen LogP contribution in [-0.4, -0.2) is 27.8 Å². The Kier molecular flexibility index (Phi) is 6.59. The van der Waals surface area contributed by atoms with Crippen molar-refractivity contribution in [2.75, 3.05) is 12.3 Å². The van der Waals surface area contributed by atoms with Gasteiger partial charge in [0.05, 0.1) is 5.25 Å². The van der Waals surface area contributed by atoms with E-state index in [0.29, 0.717) is 11.3 Å². The van der Waals surface area contributed by atoms with Gasteiger partial charge in [-0.05, 0) is 44.6 Å². The maximum absolute atomic E-state index is 12.2. The summed E-state index contributed by atoms with van der Waals surface area (Å²) in [6.07, 6.45) is 5.85. The Hall–Kier alpha value is 0.110. The van der Waals surface area contributed by atoms with Crippen molar-refractivity contribution in [2.45, 2.75) is 64.2 Å². The Balaban J connectivity index is 2.53. The van der Waals surface area contributed by atoms with E-state index in [1.165, 1.54) is 19.3 Å². The molecule has 1 saturated carbocycles. The van der Waals surface area contributed by atoms with Gasteiger partial charge in [0, 0.05) is 22.6 Å². The fourth-order valence-electron chi connectivity index (χ4n) is 2.54. The van der Waals surface area contributed by atoms with Gasteiger partial charge in [-0.15, -0.1) is 0 Å². The smallest absolute Gasteiger partial charge is 0.0503 e. The fourth-order valence-corrected chi connectivity index (χ4v) is 4.38. The summed E-state index contributed by atoms with van der Waals surface area (Å²) in [6.45, 7) is 7.68. The minimum atomic E-state index is -0.623. The zero-order valence-electron chi connectivity index (χ0n) is 11.0. The van der Waals surface area contributed by atoms with Crippen molar-refractivity contribution in [1.82, 2.24) is 5.32 Å². The Labute approximate surface area is 103 Å². The maximum atomic E-state index is 12.2. The number of hydrogen-bond acceptors (Lipinski definition) is 2. The van der Waals surface area contributed by atoms with E-state index >= 15 is 0 Å². The second-order valence-electron chi connectivity index (χ2n) is 5.10. The van der Waals surface area contributed by atoms with Crippen LogP contribution in [0, 0.1) is 5.92 Å². The molecule has 0 aliphatic heterocycles. The first kappa shape index (κ1) is 14.2. The highest BCUT2D eigenvalue weighted by atomic mass is 32.2. The predicted octanol–water partition coefficient (Wildman–Crippen LogP) is 2.70. The van der Waals surface area contributed by atoms with E-state index in [4.69, 9.17) is 0 Å². The molecule has 4 unspecified atom stereocenters. The minimum Gasteiger partial charge on any atom is -0.313 e. The summed E-state index contributed by atoms with van der Waals surface area (Å²) in [6, 6.07) is 0.503. The third-order valence-electron chi connectivity index (χ3n) is 3.45. The molecule has 96 valence electrons. The molecule has 0 aromatic carbocycles. The molecule has 2 nitrogen and oxygen atoms in total. The zero-order valence-corrected chi connectivity index (χ0v) is 11.8. The van der Waals surface area contributed by atoms with Crippen LogP contribution in [0.1, 0.15) is 52.9 Å². The van der Waals surface area contributed by atoms with E-state index in [1.807, 2.05) is 0 Å². The second kappa shape index (κ2) is 7.44. The number of hydrogen-bond donors (Lipinski definition) is 1. The van der Waals surface area contributed by atoms with E-state index in [1.54, 1.807) is 0 Å². The molecule has 0 aromatic heterocycles. The molecule has 4 atom stereocenters. The molecule has 0 amide bonds. The Morgan fingerprint density at radius 3 is 2.62 bits per heavy atom. The highest BCUT2D eigenvalue weighted by molar-refractivity contribution is 7.85. The van der Waals surface area contributed by atoms with Crippen molar-refractivity contribution in [3.63, 3.8) is 0 Å². The average molecular weight is 245 g/mol. The van der Waals surface area contributed by atoms with Crippen molar-refractivity contribution in [1.29, 1.82) is 0 Å². The molecule has 1 aliphatic rings. The predicted molar refractivity (Wildman–Crippen MR) is 72.2 cm³/mol. The van der Waals surface area contributed by atoms with E-state index in [9.17, 15) is 4.21 Å². The van der Waals surface area contributed by atoms with Crippen LogP contribution in [0.15, 0.2) is 0 Å². The molecule has 16 heavy (non-hydrogen) atoms. The molecule has 1 rings (SSSR count). The lowest BCUT2D eigenvalue weighted by molar-refractivity contribution is 0.313. The third kappa shape index (κ3) is 4.17. The van der Waals surface area contributed by atoms with E-state index < -0.39 is 10.8 Å². The molecule has 3 heteroatoms. The largest absolute Gasteiger partial charge is 0.313 e. The van der Waals surface area contributed by atoms with Gasteiger partial charge in [-0.1, -0.05) is 20.8 Å². The first-order valence-corrected chi connectivity index (χ1v) is 8.17. The van der Waals surface area contributed by atoms with Crippen LogP contribution in [0.2, 0.25) is 0 Å². The van der Waals surface area contributed by atoms with Gasteiger partial charge in [0.15, 0.2) is 0 Å². The topological polar surface area (TPSA) is 29.1 Å². The van der Waals surface area contributed by atoms with Gasteiger partial charge in [-0.25, -0.2) is 0 Å². The van der Waals surface area contributed by atoms with Gasteiger partial charge in [0.1, 0.15) is 0 Å². The van der Waals surface area contributed by atoms with Gasteiger partial charge < -0.3 is 5.32 Å². The molecular formula is C13H27NOS. The lowest BCUT2D eigenvalue weighted by Gasteiger charge is -2.35. The molecule has 0 bridgehead atoms. The van der Waals surface area contributed by atoms with Crippen molar-refractivity contribution in [2.24, 2.45) is 5.92 Å². The van der Waals surface area contributed by atoms with Gasteiger partial charge in [-0.3, -0.25) is 4.21 Å². The van der Waals surface area contributed by atoms with Crippen LogP contribution in [0.5, 0.6) is 0 Å². The molecule has 0 radical (unpaired) electrons. The molecular weight excluding hydrogens is 218 g/mol. The normalized spacial score (nSPS) is 32.6. The van der Waals surface area contributed by atoms with Crippen LogP contribution in [0.25, 0.3) is 0 Å². The van der Waals surface area contributed by atoms with Crippen LogP contribution >= 0.6 is 0 Å². The minimum absolute atomic E-state index is 0.398. The maximum Gasteiger partial charge on any atom is 0.0503 e. The van der Waals surface area contributed by atoms with E-state index in [-0.39, 0.29) is 0 Å². The van der Waals surface area contributed by atoms with Crippen molar-refractivity contribution >= 4 is 10.8 Å². The van der Waals surface area contributed by atoms with Gasteiger partial charge in [-0.2, -0.15) is 0 Å². The summed E-state index contributed by atoms with van der Waals surface area (Å²) in [5.74, 6) is 1.63. The summed E-state index contributed by atoms with van der Waals surface area (Å²) >= 11 is 0. The summed E-state index contributed by atoms with van der Waals surface area (Å²) in [4.78, 5) is 0. The Morgan fingerprint density at radius 1 is 1.25 bits per heavy atom. The van der Waals surface area contributed by atoms with Crippen LogP contribution in [0.4, 0.5) is 0 Å². The van der Waals surface area contributed by atoms with Crippen LogP contribution in [0.3, 0.4) is 0 Å². The van der Waals surface area contributed by atoms with Crippen LogP contribution < -0.4 is 5.32 Å². The van der Waals surface area contributed by atoms with Gasteiger partial charge in [0.25, 0.3) is 0 Å². The molecule has 0 spiro atoms. The molecule has 1 aliphatic carbocycles. The van der Waals surface area contributed by atoms with Crippen LogP contribution in [-0.2, 0) is 10.8 Å². The molecule has 0 aromatic rings. The lowest BCUT2D eigenvalue weighted by Crippen LogP contribution is -2.46. The highest BCUT2D eigenvalue weighted by Crippen LogP contribution is 2.28. The Morgan fingerprint density at radius 2 is 2.00 bits per heavy atom. The lowest BCUT2D eigenvalue weighted by atomic mass is 9.87. The standard InChI is InChI=1S/C13H27NOS/c1-4-8-14-12-7-6-11(3)10-13(12)16(15)9-5-2/h11-14H,4-10H2,1-3H3.